The van der Waals surface area contributed by atoms with Crippen molar-refractivity contribution in [2.75, 3.05) is 13.2 Å². The van der Waals surface area contributed by atoms with Crippen LogP contribution in [0.2, 0.25) is 0 Å². The molecule has 0 aliphatic heterocycles. The number of rotatable bonds is 11. The van der Waals surface area contributed by atoms with Crippen molar-refractivity contribution in [1.82, 2.24) is 14.9 Å². The Morgan fingerprint density at radius 3 is 2.64 bits per heavy atom. The molecule has 170 valence electrons. The minimum absolute atomic E-state index is 0.0962. The molecule has 1 N–H and O–H groups in total. The van der Waals surface area contributed by atoms with E-state index < -0.39 is 0 Å². The van der Waals surface area contributed by atoms with Crippen molar-refractivity contribution in [3.05, 3.63) is 95.8 Å². The number of aromatic nitrogens is 2. The summed E-state index contributed by atoms with van der Waals surface area (Å²) in [4.78, 5) is 17.0. The van der Waals surface area contributed by atoms with E-state index in [0.717, 1.165) is 48.4 Å². The molecular weight excluding hydrogens is 410 g/mol. The van der Waals surface area contributed by atoms with E-state index in [1.807, 2.05) is 54.6 Å². The Morgan fingerprint density at radius 2 is 1.79 bits per heavy atom. The second kappa shape index (κ2) is 11.3. The Balaban J connectivity index is 1.29. The summed E-state index contributed by atoms with van der Waals surface area (Å²) in [6.45, 7) is 4.02. The first kappa shape index (κ1) is 22.6. The first-order valence-electron chi connectivity index (χ1n) is 11.6. The van der Waals surface area contributed by atoms with Crippen molar-refractivity contribution in [1.29, 1.82) is 0 Å². The number of para-hydroxylation sites is 2. The highest BCUT2D eigenvalue weighted by Crippen LogP contribution is 2.18. The average Bonchev–Trinajstić information content (AvgIpc) is 3.19. The van der Waals surface area contributed by atoms with Crippen molar-refractivity contribution >= 4 is 16.9 Å². The summed E-state index contributed by atoms with van der Waals surface area (Å²) >= 11 is 0. The zero-order chi connectivity index (χ0) is 22.9. The largest absolute Gasteiger partial charge is 0.492 e. The van der Waals surface area contributed by atoms with Gasteiger partial charge in [0.1, 0.15) is 18.2 Å². The molecule has 1 aromatic heterocycles. The van der Waals surface area contributed by atoms with Crippen LogP contribution in [0, 0.1) is 6.92 Å². The molecule has 0 saturated carbocycles. The van der Waals surface area contributed by atoms with Gasteiger partial charge in [0.2, 0.25) is 5.91 Å². The number of carbonyl (C=O) groups is 1. The molecular formula is C28H31N3O2. The SMILES string of the molecule is Cc1cccc(OCCn2c(CCCNC(=O)CCc3ccccc3)nc3ccccc32)c1. The van der Waals surface area contributed by atoms with Gasteiger partial charge in [0.25, 0.3) is 0 Å². The first-order valence-corrected chi connectivity index (χ1v) is 11.6. The maximum Gasteiger partial charge on any atom is 0.220 e. The van der Waals surface area contributed by atoms with Crippen LogP contribution in [-0.4, -0.2) is 28.6 Å². The molecule has 0 atom stereocenters. The number of amides is 1. The maximum absolute atomic E-state index is 12.2. The second-order valence-corrected chi connectivity index (χ2v) is 8.27. The van der Waals surface area contributed by atoms with E-state index in [1.54, 1.807) is 0 Å². The number of hydrogen-bond donors (Lipinski definition) is 1. The molecule has 3 aromatic carbocycles. The summed E-state index contributed by atoms with van der Waals surface area (Å²) in [5.41, 5.74) is 4.49. The Kier molecular flexibility index (Phi) is 7.75. The number of carbonyl (C=O) groups excluding carboxylic acids is 1. The third-order valence-corrected chi connectivity index (χ3v) is 5.69. The fraction of sp³-hybridized carbons (Fsp3) is 0.286. The molecule has 4 rings (SSSR count). The highest BCUT2D eigenvalue weighted by atomic mass is 16.5. The Bertz CT molecular complexity index is 1180. The van der Waals surface area contributed by atoms with E-state index in [4.69, 9.17) is 9.72 Å². The Morgan fingerprint density at radius 1 is 0.970 bits per heavy atom. The zero-order valence-corrected chi connectivity index (χ0v) is 19.2. The predicted molar refractivity (Wildman–Crippen MR) is 133 cm³/mol. The molecule has 0 bridgehead atoms. The number of imidazole rings is 1. The molecule has 4 aromatic rings. The number of hydrogen-bond acceptors (Lipinski definition) is 3. The van der Waals surface area contributed by atoms with Gasteiger partial charge >= 0.3 is 0 Å². The lowest BCUT2D eigenvalue weighted by molar-refractivity contribution is -0.121. The number of ether oxygens (including phenoxy) is 1. The fourth-order valence-electron chi connectivity index (χ4n) is 3.99. The van der Waals surface area contributed by atoms with Crippen LogP contribution in [0.15, 0.2) is 78.9 Å². The number of nitrogens with zero attached hydrogens (tertiary/aromatic N) is 2. The van der Waals surface area contributed by atoms with Crippen molar-refractivity contribution in [2.45, 2.75) is 39.2 Å². The Hall–Kier alpha value is -3.60. The summed E-state index contributed by atoms with van der Waals surface area (Å²) in [6, 6.07) is 26.4. The van der Waals surface area contributed by atoms with Gasteiger partial charge in [0.15, 0.2) is 0 Å². The third-order valence-electron chi connectivity index (χ3n) is 5.69. The minimum Gasteiger partial charge on any atom is -0.492 e. The second-order valence-electron chi connectivity index (χ2n) is 8.27. The summed E-state index contributed by atoms with van der Waals surface area (Å²) in [6.07, 6.45) is 2.93. The monoisotopic (exact) mass is 441 g/mol. The van der Waals surface area contributed by atoms with Crippen molar-refractivity contribution in [3.8, 4) is 5.75 Å². The van der Waals surface area contributed by atoms with Gasteiger partial charge < -0.3 is 14.6 Å². The molecule has 0 unspecified atom stereocenters. The number of benzene rings is 3. The molecule has 33 heavy (non-hydrogen) atoms. The van der Waals surface area contributed by atoms with Gasteiger partial charge in [-0.05, 0) is 55.2 Å². The van der Waals surface area contributed by atoms with Crippen LogP contribution in [0.4, 0.5) is 0 Å². The lowest BCUT2D eigenvalue weighted by atomic mass is 10.1. The number of aryl methyl sites for hydroxylation is 3. The molecule has 0 aliphatic carbocycles. The van der Waals surface area contributed by atoms with E-state index >= 15 is 0 Å². The fourth-order valence-corrected chi connectivity index (χ4v) is 3.99. The lowest BCUT2D eigenvalue weighted by Crippen LogP contribution is -2.25. The standard InChI is InChI=1S/C28H31N3O2/c1-22-9-7-12-24(21-22)33-20-19-31-26-14-6-5-13-25(26)30-27(31)15-8-18-29-28(32)17-16-23-10-3-2-4-11-23/h2-7,9-14,21H,8,15-20H2,1H3,(H,29,32). The van der Waals surface area contributed by atoms with E-state index in [0.29, 0.717) is 19.6 Å². The lowest BCUT2D eigenvalue weighted by Gasteiger charge is -2.11. The van der Waals surface area contributed by atoms with Gasteiger partial charge in [-0.25, -0.2) is 4.98 Å². The summed E-state index contributed by atoms with van der Waals surface area (Å²) < 4.78 is 8.22. The molecule has 0 fully saturated rings. The molecule has 0 radical (unpaired) electrons. The summed E-state index contributed by atoms with van der Waals surface area (Å²) in [5, 5.41) is 3.05. The van der Waals surface area contributed by atoms with Gasteiger partial charge in [-0.15, -0.1) is 0 Å². The van der Waals surface area contributed by atoms with Gasteiger partial charge in [-0.1, -0.05) is 54.6 Å². The van der Waals surface area contributed by atoms with Gasteiger partial charge in [0, 0.05) is 19.4 Å². The average molecular weight is 442 g/mol. The quantitative estimate of drug-likeness (QED) is 0.329. The molecule has 1 amide bonds. The van der Waals surface area contributed by atoms with Crippen LogP contribution in [0.25, 0.3) is 11.0 Å². The molecule has 5 heteroatoms. The van der Waals surface area contributed by atoms with Crippen LogP contribution < -0.4 is 10.1 Å². The molecule has 1 heterocycles. The molecule has 0 aliphatic rings. The first-order chi connectivity index (χ1) is 16.2. The van der Waals surface area contributed by atoms with Crippen LogP contribution in [-0.2, 0) is 24.2 Å². The zero-order valence-electron chi connectivity index (χ0n) is 19.2. The van der Waals surface area contributed by atoms with Gasteiger partial charge in [-0.3, -0.25) is 4.79 Å². The van der Waals surface area contributed by atoms with Crippen LogP contribution in [0.3, 0.4) is 0 Å². The maximum atomic E-state index is 12.2. The highest BCUT2D eigenvalue weighted by molar-refractivity contribution is 5.76. The van der Waals surface area contributed by atoms with Crippen LogP contribution in [0.1, 0.15) is 29.8 Å². The van der Waals surface area contributed by atoms with E-state index in [1.165, 1.54) is 11.1 Å². The van der Waals surface area contributed by atoms with Gasteiger partial charge in [0.05, 0.1) is 17.6 Å². The van der Waals surface area contributed by atoms with Gasteiger partial charge in [-0.2, -0.15) is 0 Å². The third kappa shape index (κ3) is 6.45. The predicted octanol–water partition coefficient (Wildman–Crippen LogP) is 5.11. The highest BCUT2D eigenvalue weighted by Gasteiger charge is 2.11. The Labute approximate surface area is 195 Å². The molecule has 0 saturated heterocycles. The minimum atomic E-state index is 0.0962. The van der Waals surface area contributed by atoms with Crippen molar-refractivity contribution in [3.63, 3.8) is 0 Å². The van der Waals surface area contributed by atoms with Crippen LogP contribution >= 0.6 is 0 Å². The number of fused-ring (bicyclic) bond motifs is 1. The smallest absolute Gasteiger partial charge is 0.220 e. The van der Waals surface area contributed by atoms with E-state index in [9.17, 15) is 4.79 Å². The molecule has 5 nitrogen and oxygen atoms in total. The van der Waals surface area contributed by atoms with Crippen molar-refractivity contribution < 1.29 is 9.53 Å². The van der Waals surface area contributed by atoms with E-state index in [-0.39, 0.29) is 5.91 Å². The normalized spacial score (nSPS) is 10.9. The molecule has 0 spiro atoms. The van der Waals surface area contributed by atoms with E-state index in [2.05, 4.69) is 41.1 Å². The summed E-state index contributed by atoms with van der Waals surface area (Å²) in [5.74, 6) is 2.01. The summed E-state index contributed by atoms with van der Waals surface area (Å²) in [7, 11) is 0. The number of nitrogens with one attached hydrogen (secondary N) is 1. The topological polar surface area (TPSA) is 56.1 Å². The van der Waals surface area contributed by atoms with Crippen molar-refractivity contribution in [2.24, 2.45) is 0 Å². The van der Waals surface area contributed by atoms with Crippen LogP contribution in [0.5, 0.6) is 5.75 Å².